The van der Waals surface area contributed by atoms with Gasteiger partial charge in [0.2, 0.25) is 5.91 Å². The van der Waals surface area contributed by atoms with Crippen LogP contribution in [0.4, 0.5) is 11.4 Å². The van der Waals surface area contributed by atoms with E-state index in [-0.39, 0.29) is 12.3 Å². The lowest BCUT2D eigenvalue weighted by Crippen LogP contribution is -2.33. The van der Waals surface area contributed by atoms with Crippen molar-refractivity contribution in [1.82, 2.24) is 5.43 Å². The van der Waals surface area contributed by atoms with E-state index in [0.717, 1.165) is 23.2 Å². The maximum atomic E-state index is 12.2. The summed E-state index contributed by atoms with van der Waals surface area (Å²) in [6.45, 7) is 5.49. The van der Waals surface area contributed by atoms with E-state index in [1.165, 1.54) is 0 Å². The van der Waals surface area contributed by atoms with Gasteiger partial charge in [0.25, 0.3) is 0 Å². The number of aryl methyl sites for hydroxylation is 2. The first-order valence-electron chi connectivity index (χ1n) is 8.98. The molecule has 0 radical (unpaired) electrons. The number of hydrogen-bond acceptors (Lipinski definition) is 4. The molecule has 2 aromatic carbocycles. The molecule has 2 aromatic rings. The number of hydrazone groups is 1. The van der Waals surface area contributed by atoms with Crippen molar-refractivity contribution < 1.29 is 14.4 Å². The van der Waals surface area contributed by atoms with Crippen LogP contribution in [0.2, 0.25) is 0 Å². The van der Waals surface area contributed by atoms with E-state index in [0.29, 0.717) is 11.4 Å². The Morgan fingerprint density at radius 2 is 1.71 bits per heavy atom. The number of para-hydroxylation sites is 1. The van der Waals surface area contributed by atoms with Crippen molar-refractivity contribution in [3.05, 3.63) is 59.7 Å². The first-order chi connectivity index (χ1) is 13.4. The van der Waals surface area contributed by atoms with Crippen molar-refractivity contribution in [2.24, 2.45) is 5.10 Å². The maximum absolute atomic E-state index is 12.2. The first-order valence-corrected chi connectivity index (χ1v) is 8.98. The standard InChI is InChI=1S/C21H24N4O3/c1-4-16-9-5-6-11-18(16)23-19(26)13-15(3)24-25-21(28)20(27)22-17-10-7-8-14(2)12-17/h5-12H,4,13H2,1-3H3,(H,22,27)(H,23,26)(H,25,28)/b24-15+. The van der Waals surface area contributed by atoms with Crippen LogP contribution in [0.25, 0.3) is 0 Å². The number of carbonyl (C=O) groups is 3. The molecule has 3 N–H and O–H groups in total. The highest BCUT2D eigenvalue weighted by Gasteiger charge is 2.14. The number of rotatable bonds is 6. The normalized spacial score (nSPS) is 10.9. The molecule has 0 aliphatic carbocycles. The molecule has 0 saturated heterocycles. The predicted octanol–water partition coefficient (Wildman–Crippen LogP) is 3.02. The largest absolute Gasteiger partial charge is 0.329 e. The number of hydrogen-bond donors (Lipinski definition) is 3. The molecule has 0 saturated carbocycles. The van der Waals surface area contributed by atoms with Crippen LogP contribution >= 0.6 is 0 Å². The molecule has 0 unspecified atom stereocenters. The smallest absolute Gasteiger partial charge is 0.326 e. The zero-order valence-corrected chi connectivity index (χ0v) is 16.2. The predicted molar refractivity (Wildman–Crippen MR) is 110 cm³/mol. The second-order valence-electron chi connectivity index (χ2n) is 6.35. The monoisotopic (exact) mass is 380 g/mol. The summed E-state index contributed by atoms with van der Waals surface area (Å²) in [5, 5.41) is 9.15. The highest BCUT2D eigenvalue weighted by molar-refractivity contribution is 6.39. The Morgan fingerprint density at radius 3 is 2.43 bits per heavy atom. The second kappa shape index (κ2) is 10.0. The van der Waals surface area contributed by atoms with E-state index in [2.05, 4.69) is 21.2 Å². The van der Waals surface area contributed by atoms with Crippen LogP contribution in [0.3, 0.4) is 0 Å². The van der Waals surface area contributed by atoms with Crippen molar-refractivity contribution in [3.63, 3.8) is 0 Å². The lowest BCUT2D eigenvalue weighted by atomic mass is 10.1. The summed E-state index contributed by atoms with van der Waals surface area (Å²) in [7, 11) is 0. The number of anilines is 2. The molecule has 0 heterocycles. The second-order valence-corrected chi connectivity index (χ2v) is 6.35. The van der Waals surface area contributed by atoms with Crippen molar-refractivity contribution >= 4 is 34.8 Å². The van der Waals surface area contributed by atoms with Gasteiger partial charge in [0.15, 0.2) is 0 Å². The third-order valence-electron chi connectivity index (χ3n) is 3.92. The van der Waals surface area contributed by atoms with Crippen molar-refractivity contribution in [1.29, 1.82) is 0 Å². The summed E-state index contributed by atoms with van der Waals surface area (Å²) in [6.07, 6.45) is 0.799. The van der Waals surface area contributed by atoms with Gasteiger partial charge in [-0.1, -0.05) is 37.3 Å². The van der Waals surface area contributed by atoms with Gasteiger partial charge in [0.1, 0.15) is 0 Å². The summed E-state index contributed by atoms with van der Waals surface area (Å²) in [4.78, 5) is 35.9. The van der Waals surface area contributed by atoms with E-state index in [4.69, 9.17) is 0 Å². The Morgan fingerprint density at radius 1 is 0.964 bits per heavy atom. The van der Waals surface area contributed by atoms with Gasteiger partial charge in [-0.15, -0.1) is 0 Å². The fourth-order valence-electron chi connectivity index (χ4n) is 2.52. The molecule has 0 spiro atoms. The minimum absolute atomic E-state index is 0.00216. The molecular formula is C21H24N4O3. The summed E-state index contributed by atoms with van der Waals surface area (Å²) < 4.78 is 0. The molecule has 0 bridgehead atoms. The fraction of sp³-hybridized carbons (Fsp3) is 0.238. The fourth-order valence-corrected chi connectivity index (χ4v) is 2.52. The Balaban J connectivity index is 1.86. The van der Waals surface area contributed by atoms with Crippen LogP contribution < -0.4 is 16.1 Å². The lowest BCUT2D eigenvalue weighted by molar-refractivity contribution is -0.136. The molecule has 3 amide bonds. The quantitative estimate of drug-likeness (QED) is 0.408. The molecule has 7 heteroatoms. The number of carbonyl (C=O) groups excluding carboxylic acids is 3. The van der Waals surface area contributed by atoms with E-state index in [1.807, 2.05) is 44.2 Å². The topological polar surface area (TPSA) is 99.7 Å². The number of nitrogens with one attached hydrogen (secondary N) is 3. The zero-order valence-electron chi connectivity index (χ0n) is 16.2. The van der Waals surface area contributed by atoms with Gasteiger partial charge in [-0.2, -0.15) is 5.10 Å². The van der Waals surface area contributed by atoms with Gasteiger partial charge in [-0.05, 0) is 49.6 Å². The molecule has 0 fully saturated rings. The number of amides is 3. The van der Waals surface area contributed by atoms with Gasteiger partial charge >= 0.3 is 11.8 Å². The Kier molecular flexibility index (Phi) is 7.45. The minimum atomic E-state index is -0.905. The van der Waals surface area contributed by atoms with E-state index < -0.39 is 11.8 Å². The van der Waals surface area contributed by atoms with Gasteiger partial charge in [0, 0.05) is 17.1 Å². The van der Waals surface area contributed by atoms with Crippen molar-refractivity contribution in [2.75, 3.05) is 10.6 Å². The Labute approximate surface area is 164 Å². The lowest BCUT2D eigenvalue weighted by Gasteiger charge is -2.09. The summed E-state index contributed by atoms with van der Waals surface area (Å²) in [5.41, 5.74) is 5.82. The molecule has 146 valence electrons. The van der Waals surface area contributed by atoms with Crippen molar-refractivity contribution in [2.45, 2.75) is 33.6 Å². The average Bonchev–Trinajstić information content (AvgIpc) is 2.66. The maximum Gasteiger partial charge on any atom is 0.329 e. The van der Waals surface area contributed by atoms with Crippen LogP contribution in [-0.2, 0) is 20.8 Å². The summed E-state index contributed by atoms with van der Waals surface area (Å²) in [5.74, 6) is -1.98. The van der Waals surface area contributed by atoms with Gasteiger partial charge in [0.05, 0.1) is 6.42 Å². The van der Waals surface area contributed by atoms with Crippen LogP contribution in [0.5, 0.6) is 0 Å². The highest BCUT2D eigenvalue weighted by Crippen LogP contribution is 2.15. The molecule has 0 aliphatic heterocycles. The summed E-state index contributed by atoms with van der Waals surface area (Å²) in [6, 6.07) is 14.6. The van der Waals surface area contributed by atoms with Crippen LogP contribution in [-0.4, -0.2) is 23.4 Å². The third kappa shape index (κ3) is 6.35. The SMILES string of the molecule is CCc1ccccc1NC(=O)C/C(C)=N/NC(=O)C(=O)Nc1cccc(C)c1. The molecule has 7 nitrogen and oxygen atoms in total. The molecule has 0 aromatic heterocycles. The van der Waals surface area contributed by atoms with Crippen LogP contribution in [0.1, 0.15) is 31.4 Å². The first kappa shape index (κ1) is 20.8. The molecule has 2 rings (SSSR count). The number of benzene rings is 2. The average molecular weight is 380 g/mol. The molecule has 28 heavy (non-hydrogen) atoms. The molecule has 0 aliphatic rings. The van der Waals surface area contributed by atoms with Gasteiger partial charge < -0.3 is 10.6 Å². The third-order valence-corrected chi connectivity index (χ3v) is 3.92. The van der Waals surface area contributed by atoms with Crippen LogP contribution in [0, 0.1) is 6.92 Å². The minimum Gasteiger partial charge on any atom is -0.326 e. The Bertz CT molecular complexity index is 906. The van der Waals surface area contributed by atoms with E-state index >= 15 is 0 Å². The highest BCUT2D eigenvalue weighted by atomic mass is 16.2. The molecule has 0 atom stereocenters. The van der Waals surface area contributed by atoms with Gasteiger partial charge in [-0.3, -0.25) is 14.4 Å². The van der Waals surface area contributed by atoms with Gasteiger partial charge in [-0.25, -0.2) is 5.43 Å². The zero-order chi connectivity index (χ0) is 20.5. The van der Waals surface area contributed by atoms with E-state index in [1.54, 1.807) is 25.1 Å². The molecular weight excluding hydrogens is 356 g/mol. The van der Waals surface area contributed by atoms with Crippen LogP contribution in [0.15, 0.2) is 53.6 Å². The number of nitrogens with zero attached hydrogens (tertiary/aromatic N) is 1. The van der Waals surface area contributed by atoms with E-state index in [9.17, 15) is 14.4 Å². The Hall–Kier alpha value is -3.48. The van der Waals surface area contributed by atoms with Crippen molar-refractivity contribution in [3.8, 4) is 0 Å². The summed E-state index contributed by atoms with van der Waals surface area (Å²) >= 11 is 0.